The topological polar surface area (TPSA) is 29.5 Å². The second-order valence-electron chi connectivity index (χ2n) is 23.2. The van der Waals surface area contributed by atoms with Crippen molar-refractivity contribution in [2.24, 2.45) is 0 Å². The fourth-order valence-electron chi connectivity index (χ4n) is 14.3. The fraction of sp³-hybridized carbons (Fsp3) is 0.217. The third kappa shape index (κ3) is 5.57. The number of anilines is 3. The first-order valence-corrected chi connectivity index (χ1v) is 25.8. The van der Waals surface area contributed by atoms with Gasteiger partial charge >= 0.3 is 0 Å². The maximum Gasteiger partial charge on any atom is 0.143 e. The highest BCUT2D eigenvalue weighted by Gasteiger charge is 2.44. The van der Waals surface area contributed by atoms with Crippen molar-refractivity contribution in [1.82, 2.24) is 0 Å². The molecule has 0 unspecified atom stereocenters. The molecule has 0 fully saturated rings. The van der Waals surface area contributed by atoms with Gasteiger partial charge in [-0.2, -0.15) is 0 Å². The second kappa shape index (κ2) is 14.3. The molecule has 3 aliphatic rings. The van der Waals surface area contributed by atoms with Gasteiger partial charge in [0, 0.05) is 54.7 Å². The molecule has 3 aliphatic carbocycles. The molecule has 3 heteroatoms. The van der Waals surface area contributed by atoms with E-state index in [0.717, 1.165) is 33.4 Å². The van der Waals surface area contributed by atoms with Crippen molar-refractivity contribution < 1.29 is 8.83 Å². The molecule has 0 radical (unpaired) electrons. The lowest BCUT2D eigenvalue weighted by atomic mass is 9.79. The number of rotatable bonds is 4. The van der Waals surface area contributed by atoms with E-state index in [1.54, 1.807) is 0 Å². The Kier molecular flexibility index (Phi) is 8.57. The molecule has 3 nitrogen and oxygen atoms in total. The quantitative estimate of drug-likeness (QED) is 0.176. The molecule has 9 aromatic carbocycles. The predicted molar refractivity (Wildman–Crippen MR) is 302 cm³/mol. The summed E-state index contributed by atoms with van der Waals surface area (Å²) in [5.74, 6) is 0. The van der Waals surface area contributed by atoms with Crippen LogP contribution in [-0.2, 0) is 16.2 Å². The Balaban J connectivity index is 0.952. The maximum atomic E-state index is 6.94. The minimum absolute atomic E-state index is 0.173. The normalized spacial score (nSPS) is 15.3. The molecular weight excluding hydrogens is 875 g/mol. The van der Waals surface area contributed by atoms with Crippen LogP contribution < -0.4 is 4.90 Å². The van der Waals surface area contributed by atoms with Crippen molar-refractivity contribution in [3.05, 3.63) is 206 Å². The summed E-state index contributed by atoms with van der Waals surface area (Å²) in [4.78, 5) is 2.55. The molecular formula is C69H59NO2. The molecule has 11 aromatic rings. The average Bonchev–Trinajstić information content (AvgIpc) is 4.08. The zero-order valence-electron chi connectivity index (χ0n) is 43.5. The van der Waals surface area contributed by atoms with E-state index in [0.29, 0.717) is 0 Å². The summed E-state index contributed by atoms with van der Waals surface area (Å²) < 4.78 is 13.4. The highest BCUT2D eigenvalue weighted by molar-refractivity contribution is 6.19. The van der Waals surface area contributed by atoms with Crippen molar-refractivity contribution in [1.29, 1.82) is 0 Å². The van der Waals surface area contributed by atoms with E-state index in [9.17, 15) is 0 Å². The molecule has 2 aromatic heterocycles. The Labute approximate surface area is 422 Å². The lowest BCUT2D eigenvalue weighted by Gasteiger charge is -2.32. The van der Waals surface area contributed by atoms with Crippen molar-refractivity contribution in [2.45, 2.75) is 99.3 Å². The molecule has 0 bridgehead atoms. The first-order valence-electron chi connectivity index (χ1n) is 25.8. The van der Waals surface area contributed by atoms with Crippen molar-refractivity contribution >= 4 is 60.9 Å². The van der Waals surface area contributed by atoms with E-state index >= 15 is 0 Å². The summed E-state index contributed by atoms with van der Waals surface area (Å²) in [6.07, 6.45) is 0. The molecule has 0 aliphatic heterocycles. The monoisotopic (exact) mass is 933 g/mol. The SMILES string of the molecule is Cc1cc(C)c(-c2cc3c(c4c2oc2ccccc24)-c2ccc(N(c4ccc5c(c4)C(C)(C)c4cc6c(cc4-5)C(C)(C)c4ccc5oc7ccccc7c5c4-6)c4c(C)cc(C)cc4C)cc2C3(C)C)c(C)c1. The van der Waals surface area contributed by atoms with Gasteiger partial charge < -0.3 is 13.7 Å². The highest BCUT2D eigenvalue weighted by atomic mass is 16.3. The van der Waals surface area contributed by atoms with Gasteiger partial charge in [-0.3, -0.25) is 0 Å². The molecule has 352 valence electrons. The van der Waals surface area contributed by atoms with Crippen molar-refractivity contribution in [3.8, 4) is 44.5 Å². The van der Waals surface area contributed by atoms with Crippen LogP contribution in [0.3, 0.4) is 0 Å². The van der Waals surface area contributed by atoms with Gasteiger partial charge in [0.05, 0.1) is 5.69 Å². The van der Waals surface area contributed by atoms with Crippen LogP contribution in [0.2, 0.25) is 0 Å². The van der Waals surface area contributed by atoms with Crippen LogP contribution >= 0.6 is 0 Å². The minimum atomic E-state index is -0.305. The summed E-state index contributed by atoms with van der Waals surface area (Å²) in [7, 11) is 0. The summed E-state index contributed by atoms with van der Waals surface area (Å²) in [6.45, 7) is 28.0. The first-order chi connectivity index (χ1) is 34.4. The molecule has 14 rings (SSSR count). The van der Waals surface area contributed by atoms with Gasteiger partial charge in [0.15, 0.2) is 0 Å². The second-order valence-corrected chi connectivity index (χ2v) is 23.2. The first kappa shape index (κ1) is 43.2. The molecule has 0 N–H and O–H groups in total. The van der Waals surface area contributed by atoms with E-state index in [1.165, 1.54) is 139 Å². The van der Waals surface area contributed by atoms with E-state index in [2.05, 4.69) is 228 Å². The zero-order chi connectivity index (χ0) is 49.7. The zero-order valence-corrected chi connectivity index (χ0v) is 43.5. The molecule has 0 saturated carbocycles. The van der Waals surface area contributed by atoms with Crippen LogP contribution in [0.25, 0.3) is 88.4 Å². The van der Waals surface area contributed by atoms with Crippen molar-refractivity contribution in [2.75, 3.05) is 4.90 Å². The summed E-state index contributed by atoms with van der Waals surface area (Å²) in [5, 5.41) is 4.78. The van der Waals surface area contributed by atoms with Crippen LogP contribution in [0.4, 0.5) is 17.1 Å². The van der Waals surface area contributed by atoms with Gasteiger partial charge in [-0.05, 0) is 197 Å². The van der Waals surface area contributed by atoms with Gasteiger partial charge in [-0.15, -0.1) is 0 Å². The number of aryl methyl sites for hydroxylation is 6. The van der Waals surface area contributed by atoms with E-state index in [4.69, 9.17) is 8.83 Å². The Morgan fingerprint density at radius 3 is 1.50 bits per heavy atom. The third-order valence-electron chi connectivity index (χ3n) is 17.5. The molecule has 0 amide bonds. The van der Waals surface area contributed by atoms with Gasteiger partial charge in [0.2, 0.25) is 0 Å². The van der Waals surface area contributed by atoms with Crippen LogP contribution in [0.5, 0.6) is 0 Å². The Morgan fingerprint density at radius 2 is 0.833 bits per heavy atom. The number of hydrogen-bond donors (Lipinski definition) is 0. The van der Waals surface area contributed by atoms with Crippen LogP contribution in [0, 0.1) is 41.5 Å². The highest BCUT2D eigenvalue weighted by Crippen LogP contribution is 2.60. The summed E-state index contributed by atoms with van der Waals surface area (Å²) in [6, 6.07) is 53.0. The average molecular weight is 934 g/mol. The Hall–Kier alpha value is -7.62. The number of fused-ring (bicyclic) bond motifs is 17. The molecule has 0 atom stereocenters. The fourth-order valence-corrected chi connectivity index (χ4v) is 14.3. The molecule has 0 saturated heterocycles. The van der Waals surface area contributed by atoms with E-state index in [1.807, 2.05) is 0 Å². The predicted octanol–water partition coefficient (Wildman–Crippen LogP) is 19.4. The number of furan rings is 2. The van der Waals surface area contributed by atoms with Crippen LogP contribution in [0.1, 0.15) is 108 Å². The molecule has 0 spiro atoms. The standard InChI is InChI=1S/C69H59NO2/c1-36-27-38(3)60(39(4)28-36)50-35-56-61(64-47-18-14-16-20-58(47)72-66(50)64)45-24-22-43(32-53(45)69(56,11)12)70(65-40(5)29-37(2)30-41(65)6)42-21-23-44-48-33-55-49(34-54(48)68(9,10)52(44)31-42)62-51(67(55,7)8)25-26-59-63(62)46-17-13-15-19-57(46)71-59/h13-35H,1-12H3. The number of para-hydroxylation sites is 2. The van der Waals surface area contributed by atoms with Crippen molar-refractivity contribution in [3.63, 3.8) is 0 Å². The maximum absolute atomic E-state index is 6.94. The van der Waals surface area contributed by atoms with Gasteiger partial charge in [-0.1, -0.05) is 132 Å². The largest absolute Gasteiger partial charge is 0.456 e. The number of benzene rings is 9. The van der Waals surface area contributed by atoms with Gasteiger partial charge in [0.1, 0.15) is 22.3 Å². The summed E-state index contributed by atoms with van der Waals surface area (Å²) in [5.41, 5.74) is 32.7. The number of nitrogens with zero attached hydrogens (tertiary/aromatic N) is 1. The summed E-state index contributed by atoms with van der Waals surface area (Å²) >= 11 is 0. The minimum Gasteiger partial charge on any atom is -0.456 e. The van der Waals surface area contributed by atoms with Crippen LogP contribution in [0.15, 0.2) is 148 Å². The lowest BCUT2D eigenvalue weighted by Crippen LogP contribution is -2.19. The van der Waals surface area contributed by atoms with Crippen LogP contribution in [-0.4, -0.2) is 0 Å². The van der Waals surface area contributed by atoms with Gasteiger partial charge in [-0.25, -0.2) is 0 Å². The smallest absolute Gasteiger partial charge is 0.143 e. The van der Waals surface area contributed by atoms with E-state index in [-0.39, 0.29) is 16.2 Å². The van der Waals surface area contributed by atoms with E-state index < -0.39 is 0 Å². The lowest BCUT2D eigenvalue weighted by molar-refractivity contribution is 0.651. The number of hydrogen-bond acceptors (Lipinski definition) is 3. The third-order valence-corrected chi connectivity index (χ3v) is 17.5. The molecule has 72 heavy (non-hydrogen) atoms. The Morgan fingerprint density at radius 1 is 0.347 bits per heavy atom. The molecule has 2 heterocycles. The Bertz CT molecular complexity index is 4210. The van der Waals surface area contributed by atoms with Gasteiger partial charge in [0.25, 0.3) is 0 Å².